The summed E-state index contributed by atoms with van der Waals surface area (Å²) >= 11 is 0. The zero-order valence-electron chi connectivity index (χ0n) is 21.9. The SMILES string of the molecule is C=C(N1C[C@H](C)N(C(=O)[C@@]2(C)O[C@@H]2c2ccc([NH+]([O-])O)cc2)C[C@@H]1C)[C@@]1(C)O[C@@H]1c1ccc([NH+]([O-])O)cc1. The zero-order valence-corrected chi connectivity index (χ0v) is 21.9. The van der Waals surface area contributed by atoms with Gasteiger partial charge in [-0.2, -0.15) is 10.5 Å². The van der Waals surface area contributed by atoms with Crippen molar-refractivity contribution in [2.24, 2.45) is 0 Å². The lowest BCUT2D eigenvalue weighted by molar-refractivity contribution is -0.991. The Hall–Kier alpha value is -2.87. The van der Waals surface area contributed by atoms with E-state index in [0.717, 1.165) is 16.8 Å². The quantitative estimate of drug-likeness (QED) is 0.312. The molecule has 0 aromatic heterocycles. The Morgan fingerprint density at radius 3 is 1.71 bits per heavy atom. The van der Waals surface area contributed by atoms with E-state index in [9.17, 15) is 15.2 Å². The minimum Gasteiger partial charge on any atom is -0.595 e. The van der Waals surface area contributed by atoms with E-state index in [1.54, 1.807) is 43.3 Å². The molecule has 0 saturated carbocycles. The molecule has 2 unspecified atom stereocenters. The monoisotopic (exact) mass is 526 g/mol. The molecule has 11 nitrogen and oxygen atoms in total. The minimum atomic E-state index is -0.998. The van der Waals surface area contributed by atoms with Gasteiger partial charge in [-0.25, -0.2) is 10.4 Å². The molecule has 3 aliphatic heterocycles. The number of hydrogen-bond donors (Lipinski definition) is 4. The second-order valence-corrected chi connectivity index (χ2v) is 10.8. The van der Waals surface area contributed by atoms with Crippen molar-refractivity contribution in [1.82, 2.24) is 9.80 Å². The molecule has 38 heavy (non-hydrogen) atoms. The third-order valence-corrected chi connectivity index (χ3v) is 8.12. The molecule has 204 valence electrons. The summed E-state index contributed by atoms with van der Waals surface area (Å²) < 4.78 is 12.0. The molecule has 2 aromatic rings. The van der Waals surface area contributed by atoms with E-state index in [1.807, 2.05) is 18.7 Å². The summed E-state index contributed by atoms with van der Waals surface area (Å²) in [5.74, 6) is -0.0836. The van der Waals surface area contributed by atoms with Crippen LogP contribution in [0, 0.1) is 10.4 Å². The molecule has 3 heterocycles. The standard InChI is InChI=1S/C27H34N4O7/c1-16-15-29(25(32)27(5)24(38-27)20-8-12-22(13-9-20)31(35)36)17(2)14-28(16)18(3)26(4)23(37-26)19-6-10-21(11-7-19)30(33)34/h6-13,16-17,23-24,30-31,33,35H,3,14-15H2,1-2,4-5H3/t16-,17-,23+,24+,26+,27-/m0/s1. The average Bonchev–Trinajstić information content (AvgIpc) is 3.79. The van der Waals surface area contributed by atoms with Crippen molar-refractivity contribution in [3.63, 3.8) is 0 Å². The number of rotatable bonds is 7. The number of benzene rings is 2. The Morgan fingerprint density at radius 1 is 0.842 bits per heavy atom. The largest absolute Gasteiger partial charge is 0.595 e. The number of nitrogens with zero attached hydrogens (tertiary/aromatic N) is 2. The lowest BCUT2D eigenvalue weighted by Gasteiger charge is -2.47. The number of amides is 1. The summed E-state index contributed by atoms with van der Waals surface area (Å²) in [4.78, 5) is 17.6. The summed E-state index contributed by atoms with van der Waals surface area (Å²) in [6.07, 6.45) is -0.632. The molecular weight excluding hydrogens is 492 g/mol. The zero-order chi connectivity index (χ0) is 27.6. The van der Waals surface area contributed by atoms with Crippen LogP contribution >= 0.6 is 0 Å². The Morgan fingerprint density at radius 2 is 1.24 bits per heavy atom. The van der Waals surface area contributed by atoms with E-state index in [-0.39, 0.29) is 35.5 Å². The van der Waals surface area contributed by atoms with Gasteiger partial charge in [-0.05, 0) is 38.8 Å². The van der Waals surface area contributed by atoms with Crippen LogP contribution in [0.3, 0.4) is 0 Å². The predicted octanol–water partition coefficient (Wildman–Crippen LogP) is 1.29. The molecule has 1 amide bonds. The molecule has 3 saturated heterocycles. The van der Waals surface area contributed by atoms with Crippen molar-refractivity contribution in [2.75, 3.05) is 13.1 Å². The van der Waals surface area contributed by atoms with E-state index in [0.29, 0.717) is 13.1 Å². The van der Waals surface area contributed by atoms with Crippen LogP contribution in [0.25, 0.3) is 0 Å². The van der Waals surface area contributed by atoms with Crippen molar-refractivity contribution < 1.29 is 35.1 Å². The van der Waals surface area contributed by atoms with E-state index < -0.39 is 27.8 Å². The molecule has 2 aromatic carbocycles. The summed E-state index contributed by atoms with van der Waals surface area (Å²) in [6, 6.07) is 13.0. The highest BCUT2D eigenvalue weighted by molar-refractivity contribution is 5.89. The number of carbonyl (C=O) groups excluding carboxylic acids is 1. The first-order valence-electron chi connectivity index (χ1n) is 12.7. The average molecular weight is 527 g/mol. The molecule has 3 aliphatic rings. The number of nitrogens with one attached hydrogen (secondary N) is 2. The smallest absolute Gasteiger partial charge is 0.258 e. The number of piperazine rings is 1. The lowest BCUT2D eigenvalue weighted by atomic mass is 9.94. The van der Waals surface area contributed by atoms with Crippen molar-refractivity contribution in [1.29, 1.82) is 0 Å². The highest BCUT2D eigenvalue weighted by atomic mass is 16.8. The van der Waals surface area contributed by atoms with Crippen LogP contribution in [-0.2, 0) is 14.3 Å². The number of carbonyl (C=O) groups is 1. The van der Waals surface area contributed by atoms with Crippen LogP contribution in [0.15, 0.2) is 60.8 Å². The molecular formula is C27H34N4O7. The third kappa shape index (κ3) is 4.51. The Labute approximate surface area is 221 Å². The maximum Gasteiger partial charge on any atom is 0.258 e. The highest BCUT2D eigenvalue weighted by Crippen LogP contribution is 2.55. The van der Waals surface area contributed by atoms with Crippen molar-refractivity contribution in [3.05, 3.63) is 82.3 Å². The van der Waals surface area contributed by atoms with Gasteiger partial charge < -0.3 is 29.7 Å². The van der Waals surface area contributed by atoms with Gasteiger partial charge in [-0.15, -0.1) is 0 Å². The van der Waals surface area contributed by atoms with Crippen molar-refractivity contribution in [2.45, 2.75) is 63.2 Å². The van der Waals surface area contributed by atoms with E-state index in [1.165, 1.54) is 12.1 Å². The number of hydrogen-bond acceptors (Lipinski definition) is 8. The molecule has 8 atom stereocenters. The molecule has 0 radical (unpaired) electrons. The first-order chi connectivity index (χ1) is 17.9. The molecule has 0 spiro atoms. The maximum atomic E-state index is 13.6. The minimum absolute atomic E-state index is 0.00522. The van der Waals surface area contributed by atoms with Gasteiger partial charge in [-0.1, -0.05) is 30.8 Å². The second kappa shape index (κ2) is 9.40. The van der Waals surface area contributed by atoms with E-state index in [2.05, 4.69) is 18.4 Å². The van der Waals surface area contributed by atoms with Crippen LogP contribution in [0.4, 0.5) is 11.4 Å². The fourth-order valence-corrected chi connectivity index (χ4v) is 5.53. The van der Waals surface area contributed by atoms with E-state index in [4.69, 9.17) is 19.9 Å². The van der Waals surface area contributed by atoms with Crippen LogP contribution < -0.4 is 10.5 Å². The van der Waals surface area contributed by atoms with Crippen LogP contribution in [0.1, 0.15) is 51.0 Å². The number of ether oxygens (including phenoxy) is 2. The Balaban J connectivity index is 1.23. The van der Waals surface area contributed by atoms with Gasteiger partial charge in [0.1, 0.15) is 17.8 Å². The first kappa shape index (κ1) is 26.7. The molecule has 4 N–H and O–H groups in total. The normalized spacial score (nSPS) is 34.0. The van der Waals surface area contributed by atoms with Gasteiger partial charge in [0, 0.05) is 55.1 Å². The van der Waals surface area contributed by atoms with Gasteiger partial charge >= 0.3 is 0 Å². The third-order valence-electron chi connectivity index (χ3n) is 8.12. The molecule has 5 rings (SSSR count). The summed E-state index contributed by atoms with van der Waals surface area (Å²) in [5, 5.41) is 38.6. The lowest BCUT2D eigenvalue weighted by Crippen LogP contribution is -2.99. The maximum absolute atomic E-state index is 13.6. The summed E-state index contributed by atoms with van der Waals surface area (Å²) in [6.45, 7) is 13.3. The van der Waals surface area contributed by atoms with Crippen molar-refractivity contribution in [3.8, 4) is 0 Å². The molecule has 0 aliphatic carbocycles. The highest BCUT2D eigenvalue weighted by Gasteiger charge is 2.62. The predicted molar refractivity (Wildman–Crippen MR) is 135 cm³/mol. The summed E-state index contributed by atoms with van der Waals surface area (Å²) in [7, 11) is 0. The first-order valence-corrected chi connectivity index (χ1v) is 12.7. The molecule has 3 fully saturated rings. The topological polar surface area (TPSA) is 144 Å². The number of epoxide rings is 2. The van der Waals surface area contributed by atoms with Gasteiger partial charge in [0.05, 0.1) is 0 Å². The van der Waals surface area contributed by atoms with Crippen molar-refractivity contribution >= 4 is 17.3 Å². The molecule has 11 heteroatoms. The summed E-state index contributed by atoms with van der Waals surface area (Å²) in [5.41, 5.74) is 1.33. The fourth-order valence-electron chi connectivity index (χ4n) is 5.53. The van der Waals surface area contributed by atoms with Crippen LogP contribution in [0.2, 0.25) is 0 Å². The van der Waals surface area contributed by atoms with Gasteiger partial charge in [0.2, 0.25) is 0 Å². The van der Waals surface area contributed by atoms with Gasteiger partial charge in [-0.3, -0.25) is 4.79 Å². The Kier molecular flexibility index (Phi) is 6.61. The van der Waals surface area contributed by atoms with Crippen LogP contribution in [-0.4, -0.2) is 62.5 Å². The van der Waals surface area contributed by atoms with Gasteiger partial charge in [0.25, 0.3) is 5.91 Å². The van der Waals surface area contributed by atoms with Crippen LogP contribution in [0.5, 0.6) is 0 Å². The fraction of sp³-hybridized carbons (Fsp3) is 0.444. The number of quaternary nitrogens is 2. The second-order valence-electron chi connectivity index (χ2n) is 10.8. The molecule has 0 bridgehead atoms. The Bertz CT molecular complexity index is 1130. The van der Waals surface area contributed by atoms with E-state index >= 15 is 0 Å². The van der Waals surface area contributed by atoms with Gasteiger partial charge in [0.15, 0.2) is 17.0 Å².